The molecule has 1 fully saturated rings. The van der Waals surface area contributed by atoms with Crippen molar-refractivity contribution in [1.82, 2.24) is 9.80 Å². The van der Waals surface area contributed by atoms with Crippen LogP contribution in [0.2, 0.25) is 5.02 Å². The number of piperazine rings is 1. The van der Waals surface area contributed by atoms with Crippen molar-refractivity contribution >= 4 is 18.0 Å². The Morgan fingerprint density at radius 3 is 2.31 bits per heavy atom. The fourth-order valence-electron chi connectivity index (χ4n) is 1.85. The second-order valence-electron chi connectivity index (χ2n) is 3.98. The smallest absolute Gasteiger partial charge is 0.312 e. The molecule has 1 aromatic rings. The maximum atomic E-state index is 10.4. The molecule has 4 heteroatoms. The molecule has 85 valence electrons. The lowest BCUT2D eigenvalue weighted by molar-refractivity contribution is 0.172. The van der Waals surface area contributed by atoms with Gasteiger partial charge in [0.15, 0.2) is 0 Å². The molecule has 0 saturated carbocycles. The molecule has 16 heavy (non-hydrogen) atoms. The quantitative estimate of drug-likeness (QED) is 0.796. The molecule has 1 saturated heterocycles. The van der Waals surface area contributed by atoms with Crippen LogP contribution in [0.15, 0.2) is 24.3 Å². The van der Waals surface area contributed by atoms with E-state index in [1.807, 2.05) is 30.7 Å². The number of nitrogens with zero attached hydrogens (tertiary/aromatic N) is 2. The van der Waals surface area contributed by atoms with E-state index >= 15 is 0 Å². The average Bonchev–Trinajstić information content (AvgIpc) is 2.33. The van der Waals surface area contributed by atoms with Gasteiger partial charge in [-0.05, 0) is 17.7 Å². The van der Waals surface area contributed by atoms with E-state index in [1.54, 1.807) is 4.90 Å². The van der Waals surface area contributed by atoms with Crippen LogP contribution in [0.25, 0.3) is 0 Å². The monoisotopic (exact) mass is 237 g/mol. The minimum atomic E-state index is 0.768. The average molecular weight is 238 g/mol. The van der Waals surface area contributed by atoms with Gasteiger partial charge in [0.2, 0.25) is 0 Å². The Kier molecular flexibility index (Phi) is 3.80. The van der Waals surface area contributed by atoms with Gasteiger partial charge in [0.1, 0.15) is 0 Å². The normalized spacial score (nSPS) is 17.4. The molecule has 1 radical (unpaired) electrons. The zero-order valence-electron chi connectivity index (χ0n) is 9.03. The summed E-state index contributed by atoms with van der Waals surface area (Å²) < 4.78 is 0. The van der Waals surface area contributed by atoms with E-state index in [-0.39, 0.29) is 0 Å². The van der Waals surface area contributed by atoms with Crippen molar-refractivity contribution in [1.29, 1.82) is 0 Å². The second-order valence-corrected chi connectivity index (χ2v) is 4.42. The fraction of sp³-hybridized carbons (Fsp3) is 0.417. The van der Waals surface area contributed by atoms with E-state index in [0.717, 1.165) is 37.7 Å². The fourth-order valence-corrected chi connectivity index (χ4v) is 1.97. The first-order valence-corrected chi connectivity index (χ1v) is 5.75. The molecule has 1 aromatic carbocycles. The van der Waals surface area contributed by atoms with Crippen LogP contribution in [0.4, 0.5) is 0 Å². The Hall–Kier alpha value is -1.06. The summed E-state index contributed by atoms with van der Waals surface area (Å²) in [5.41, 5.74) is 1.26. The van der Waals surface area contributed by atoms with Gasteiger partial charge in [0.05, 0.1) is 0 Å². The summed E-state index contributed by atoms with van der Waals surface area (Å²) in [6.45, 7) is 4.30. The van der Waals surface area contributed by atoms with Gasteiger partial charge in [-0.3, -0.25) is 9.69 Å². The van der Waals surface area contributed by atoms with Crippen LogP contribution in [-0.2, 0) is 11.3 Å². The molecule has 0 aliphatic carbocycles. The summed E-state index contributed by atoms with van der Waals surface area (Å²) in [5.74, 6) is 0. The lowest BCUT2D eigenvalue weighted by Gasteiger charge is -2.31. The molecule has 1 aliphatic rings. The SMILES string of the molecule is O=[C]N1CCN(Cc2ccc(Cl)cc2)CC1. The van der Waals surface area contributed by atoms with Crippen molar-refractivity contribution in [3.8, 4) is 0 Å². The molecule has 1 aliphatic heterocycles. The molecule has 1 amide bonds. The van der Waals surface area contributed by atoms with Gasteiger partial charge in [0.25, 0.3) is 0 Å². The van der Waals surface area contributed by atoms with Gasteiger partial charge in [0, 0.05) is 37.7 Å². The molecule has 2 rings (SSSR count). The predicted molar refractivity (Wildman–Crippen MR) is 64.0 cm³/mol. The summed E-state index contributed by atoms with van der Waals surface area (Å²) in [5, 5.41) is 0.768. The number of hydrogen-bond acceptors (Lipinski definition) is 2. The standard InChI is InChI=1S/C12H14ClN2O/c13-12-3-1-11(2-4-12)9-14-5-7-15(10-16)8-6-14/h1-4H,5-9H2. The number of amides is 1. The van der Waals surface area contributed by atoms with Crippen molar-refractivity contribution in [2.75, 3.05) is 26.2 Å². The summed E-state index contributed by atoms with van der Waals surface area (Å²) in [6.07, 6.45) is 1.93. The Labute approximate surface area is 101 Å². The minimum Gasteiger partial charge on any atom is -0.332 e. The van der Waals surface area contributed by atoms with Crippen molar-refractivity contribution in [3.05, 3.63) is 34.9 Å². The lowest BCUT2D eigenvalue weighted by Crippen LogP contribution is -2.45. The third-order valence-corrected chi connectivity index (χ3v) is 3.07. The highest BCUT2D eigenvalue weighted by Crippen LogP contribution is 2.12. The first-order valence-electron chi connectivity index (χ1n) is 5.37. The number of hydrogen-bond donors (Lipinski definition) is 0. The van der Waals surface area contributed by atoms with Gasteiger partial charge in [-0.25, -0.2) is 0 Å². The van der Waals surface area contributed by atoms with Crippen LogP contribution in [0.3, 0.4) is 0 Å². The van der Waals surface area contributed by atoms with Gasteiger partial charge in [-0.1, -0.05) is 23.7 Å². The van der Waals surface area contributed by atoms with Gasteiger partial charge >= 0.3 is 6.41 Å². The first kappa shape index (κ1) is 11.4. The molecule has 0 atom stereocenters. The van der Waals surface area contributed by atoms with E-state index in [4.69, 9.17) is 11.6 Å². The van der Waals surface area contributed by atoms with E-state index in [9.17, 15) is 4.79 Å². The summed E-state index contributed by atoms with van der Waals surface area (Å²) >= 11 is 5.83. The summed E-state index contributed by atoms with van der Waals surface area (Å²) in [7, 11) is 0. The second kappa shape index (κ2) is 5.32. The molecule has 1 heterocycles. The number of carbonyl (C=O) groups excluding carboxylic acids is 1. The van der Waals surface area contributed by atoms with Crippen molar-refractivity contribution in [2.45, 2.75) is 6.54 Å². The van der Waals surface area contributed by atoms with Crippen LogP contribution in [0.1, 0.15) is 5.56 Å². The Bertz CT molecular complexity index is 345. The van der Waals surface area contributed by atoms with Crippen LogP contribution in [-0.4, -0.2) is 42.4 Å². The number of halogens is 1. The van der Waals surface area contributed by atoms with Crippen LogP contribution >= 0.6 is 11.6 Å². The predicted octanol–water partition coefficient (Wildman–Crippen LogP) is 1.52. The minimum absolute atomic E-state index is 0.768. The molecular weight excluding hydrogens is 224 g/mol. The highest BCUT2D eigenvalue weighted by Gasteiger charge is 2.15. The molecule has 0 unspecified atom stereocenters. The zero-order valence-corrected chi connectivity index (χ0v) is 9.78. The topological polar surface area (TPSA) is 23.6 Å². The molecule has 0 aromatic heterocycles. The number of rotatable bonds is 3. The zero-order chi connectivity index (χ0) is 11.4. The van der Waals surface area contributed by atoms with Crippen molar-refractivity contribution < 1.29 is 4.79 Å². The van der Waals surface area contributed by atoms with Gasteiger partial charge in [-0.2, -0.15) is 0 Å². The highest BCUT2D eigenvalue weighted by molar-refractivity contribution is 6.30. The maximum absolute atomic E-state index is 10.4. The van der Waals surface area contributed by atoms with Gasteiger partial charge < -0.3 is 4.90 Å². The molecule has 0 spiro atoms. The summed E-state index contributed by atoms with van der Waals surface area (Å²) in [4.78, 5) is 14.5. The van der Waals surface area contributed by atoms with Crippen LogP contribution in [0, 0.1) is 0 Å². The molecule has 0 bridgehead atoms. The maximum Gasteiger partial charge on any atom is 0.312 e. The molecule has 3 nitrogen and oxygen atoms in total. The van der Waals surface area contributed by atoms with Crippen molar-refractivity contribution in [2.24, 2.45) is 0 Å². The molecule has 0 N–H and O–H groups in total. The molecular formula is C12H14ClN2O. The Morgan fingerprint density at radius 2 is 1.75 bits per heavy atom. The highest BCUT2D eigenvalue weighted by atomic mass is 35.5. The van der Waals surface area contributed by atoms with Gasteiger partial charge in [-0.15, -0.1) is 0 Å². The third kappa shape index (κ3) is 2.97. The Balaban J connectivity index is 1.86. The van der Waals surface area contributed by atoms with E-state index in [2.05, 4.69) is 4.90 Å². The third-order valence-electron chi connectivity index (χ3n) is 2.82. The first-order chi connectivity index (χ1) is 7.78. The van der Waals surface area contributed by atoms with Crippen molar-refractivity contribution in [3.63, 3.8) is 0 Å². The van der Waals surface area contributed by atoms with Crippen LogP contribution in [0.5, 0.6) is 0 Å². The summed E-state index contributed by atoms with van der Waals surface area (Å²) in [6, 6.07) is 7.90. The van der Waals surface area contributed by atoms with E-state index in [1.165, 1.54) is 5.56 Å². The lowest BCUT2D eigenvalue weighted by atomic mass is 10.2. The van der Waals surface area contributed by atoms with E-state index in [0.29, 0.717) is 0 Å². The number of benzene rings is 1. The Morgan fingerprint density at radius 1 is 1.12 bits per heavy atom. The van der Waals surface area contributed by atoms with E-state index < -0.39 is 0 Å². The van der Waals surface area contributed by atoms with Crippen LogP contribution < -0.4 is 0 Å². The largest absolute Gasteiger partial charge is 0.332 e.